The van der Waals surface area contributed by atoms with Crippen molar-refractivity contribution in [3.63, 3.8) is 0 Å². The number of hydrogen-bond donors (Lipinski definition) is 1. The van der Waals surface area contributed by atoms with Crippen LogP contribution in [0, 0.1) is 17.8 Å². The lowest BCUT2D eigenvalue weighted by Crippen LogP contribution is -2.39. The van der Waals surface area contributed by atoms with Gasteiger partial charge < -0.3 is 4.52 Å². The lowest BCUT2D eigenvalue weighted by molar-refractivity contribution is -0.134. The Labute approximate surface area is 165 Å². The Kier molecular flexibility index (Phi) is 4.69. The Morgan fingerprint density at radius 2 is 1.89 bits per heavy atom. The van der Waals surface area contributed by atoms with E-state index in [4.69, 9.17) is 4.52 Å². The second-order valence-corrected chi connectivity index (χ2v) is 9.15. The molecule has 0 bridgehead atoms. The van der Waals surface area contributed by atoms with Gasteiger partial charge in [0.25, 0.3) is 0 Å². The van der Waals surface area contributed by atoms with Gasteiger partial charge in [-0.05, 0) is 61.5 Å². The van der Waals surface area contributed by atoms with Crippen LogP contribution >= 0.6 is 0 Å². The van der Waals surface area contributed by atoms with Crippen LogP contribution in [0.2, 0.25) is 0 Å². The lowest BCUT2D eigenvalue weighted by atomic mass is 9.78. The molecular weight excluding hydrogens is 352 g/mol. The monoisotopic (exact) mass is 380 g/mol. The third-order valence-electron chi connectivity index (χ3n) is 7.23. The summed E-state index contributed by atoms with van der Waals surface area (Å²) in [5, 5.41) is 7.61. The molecule has 5 heteroatoms. The van der Waals surface area contributed by atoms with E-state index in [0.29, 0.717) is 18.5 Å². The molecule has 0 radical (unpaired) electrons. The zero-order valence-corrected chi connectivity index (χ0v) is 16.3. The summed E-state index contributed by atoms with van der Waals surface area (Å²) in [7, 11) is 0. The molecular formula is C23H28N2O3. The molecule has 0 spiro atoms. The maximum atomic E-state index is 12.3. The number of nitrogens with one attached hydrogen (secondary N) is 1. The van der Waals surface area contributed by atoms with Crippen LogP contribution in [0.15, 0.2) is 22.7 Å². The molecule has 1 saturated heterocycles. The predicted molar refractivity (Wildman–Crippen MR) is 106 cm³/mol. The van der Waals surface area contributed by atoms with Gasteiger partial charge in [-0.15, -0.1) is 0 Å². The molecule has 2 saturated carbocycles. The summed E-state index contributed by atoms with van der Waals surface area (Å²) in [4.78, 5) is 23.7. The highest BCUT2D eigenvalue weighted by molar-refractivity contribution is 6.02. The van der Waals surface area contributed by atoms with Gasteiger partial charge in [0.1, 0.15) is 5.69 Å². The molecule has 1 aliphatic heterocycles. The maximum Gasteiger partial charge on any atom is 0.235 e. The van der Waals surface area contributed by atoms with Gasteiger partial charge in [-0.1, -0.05) is 43.0 Å². The van der Waals surface area contributed by atoms with E-state index in [-0.39, 0.29) is 11.8 Å². The molecule has 3 atom stereocenters. The Morgan fingerprint density at radius 1 is 1.04 bits per heavy atom. The first-order chi connectivity index (χ1) is 13.7. The first-order valence-corrected chi connectivity index (χ1v) is 10.9. The Balaban J connectivity index is 1.31. The lowest BCUT2D eigenvalue weighted by Gasteiger charge is -2.28. The van der Waals surface area contributed by atoms with Crippen molar-refractivity contribution >= 4 is 22.8 Å². The zero-order chi connectivity index (χ0) is 19.1. The van der Waals surface area contributed by atoms with Crippen LogP contribution in [0.25, 0.3) is 11.0 Å². The average Bonchev–Trinajstić information content (AvgIpc) is 3.26. The molecule has 3 unspecified atom stereocenters. The number of carbonyl (C=O) groups is 2. The van der Waals surface area contributed by atoms with Gasteiger partial charge in [0.15, 0.2) is 5.58 Å². The van der Waals surface area contributed by atoms with E-state index < -0.39 is 5.92 Å². The van der Waals surface area contributed by atoms with E-state index in [0.717, 1.165) is 35.1 Å². The molecule has 2 aliphatic carbocycles. The van der Waals surface area contributed by atoms with Crippen molar-refractivity contribution in [1.82, 2.24) is 10.5 Å². The number of aromatic nitrogens is 1. The fraction of sp³-hybridized carbons (Fsp3) is 0.609. The van der Waals surface area contributed by atoms with Gasteiger partial charge in [0, 0.05) is 11.8 Å². The summed E-state index contributed by atoms with van der Waals surface area (Å²) >= 11 is 0. The number of carbonyl (C=O) groups excluding carboxylic acids is 2. The van der Waals surface area contributed by atoms with Crippen LogP contribution in [0.4, 0.5) is 0 Å². The average molecular weight is 380 g/mol. The molecule has 5 nitrogen and oxygen atoms in total. The number of amides is 2. The second-order valence-electron chi connectivity index (χ2n) is 9.15. The number of fused-ring (bicyclic) bond motifs is 1. The molecule has 2 heterocycles. The largest absolute Gasteiger partial charge is 0.356 e. The molecule has 3 fully saturated rings. The second kappa shape index (κ2) is 7.34. The van der Waals surface area contributed by atoms with E-state index in [1.54, 1.807) is 0 Å². The van der Waals surface area contributed by atoms with Gasteiger partial charge in [-0.2, -0.15) is 0 Å². The molecule has 28 heavy (non-hydrogen) atoms. The van der Waals surface area contributed by atoms with Gasteiger partial charge >= 0.3 is 0 Å². The van der Waals surface area contributed by atoms with Crippen LogP contribution < -0.4 is 5.32 Å². The van der Waals surface area contributed by atoms with Crippen LogP contribution in [0.5, 0.6) is 0 Å². The summed E-state index contributed by atoms with van der Waals surface area (Å²) in [5.74, 6) is 1.77. The fourth-order valence-electron chi connectivity index (χ4n) is 5.49. The van der Waals surface area contributed by atoms with Gasteiger partial charge in [0.05, 0.1) is 5.92 Å². The van der Waals surface area contributed by atoms with E-state index >= 15 is 0 Å². The minimum atomic E-state index is -0.396. The van der Waals surface area contributed by atoms with E-state index in [2.05, 4.69) is 16.5 Å². The van der Waals surface area contributed by atoms with Crippen LogP contribution in [0.3, 0.4) is 0 Å². The third-order valence-corrected chi connectivity index (χ3v) is 7.23. The first-order valence-electron chi connectivity index (χ1n) is 10.9. The molecule has 2 amide bonds. The van der Waals surface area contributed by atoms with Crippen molar-refractivity contribution in [2.75, 3.05) is 0 Å². The molecule has 1 aromatic heterocycles. The first kappa shape index (κ1) is 17.9. The highest BCUT2D eigenvalue weighted by Gasteiger charge is 2.33. The fourth-order valence-corrected chi connectivity index (χ4v) is 5.49. The normalized spacial score (nSPS) is 28.5. The van der Waals surface area contributed by atoms with Crippen LogP contribution in [0.1, 0.15) is 75.0 Å². The minimum Gasteiger partial charge on any atom is -0.356 e. The number of rotatable bonds is 5. The number of imide groups is 1. The standard InChI is InChI=1S/C23H28N2O3/c26-20-10-9-19(23(27)24-20)21-18-6-2-5-17(22(18)28-25-21)13-16-8-7-15(12-16)11-14-3-1-4-14/h2,5-6,14-16,19H,1,3-4,7-13H2,(H,24,26,27). The number of benzene rings is 1. The van der Waals surface area contributed by atoms with Gasteiger partial charge in [0.2, 0.25) is 11.8 Å². The Morgan fingerprint density at radius 3 is 2.68 bits per heavy atom. The van der Waals surface area contributed by atoms with E-state index in [1.807, 2.05) is 12.1 Å². The summed E-state index contributed by atoms with van der Waals surface area (Å²) in [6.07, 6.45) is 11.7. The van der Waals surface area contributed by atoms with Crippen molar-refractivity contribution < 1.29 is 14.1 Å². The van der Waals surface area contributed by atoms with Crippen molar-refractivity contribution in [3.05, 3.63) is 29.5 Å². The van der Waals surface area contributed by atoms with Crippen LogP contribution in [-0.2, 0) is 16.0 Å². The molecule has 5 rings (SSSR count). The topological polar surface area (TPSA) is 72.2 Å². The molecule has 148 valence electrons. The minimum absolute atomic E-state index is 0.201. The van der Waals surface area contributed by atoms with Gasteiger partial charge in [-0.3, -0.25) is 14.9 Å². The third kappa shape index (κ3) is 3.36. The van der Waals surface area contributed by atoms with Crippen molar-refractivity contribution in [2.24, 2.45) is 17.8 Å². The summed E-state index contributed by atoms with van der Waals surface area (Å²) in [6.45, 7) is 0. The molecule has 1 N–H and O–H groups in total. The molecule has 3 aliphatic rings. The Hall–Kier alpha value is -2.17. The molecule has 2 aromatic rings. The number of para-hydroxylation sites is 1. The quantitative estimate of drug-likeness (QED) is 0.776. The summed E-state index contributed by atoms with van der Waals surface area (Å²) < 4.78 is 5.72. The van der Waals surface area contributed by atoms with E-state index in [1.165, 1.54) is 50.5 Å². The summed E-state index contributed by atoms with van der Waals surface area (Å²) in [5.41, 5.74) is 2.71. The van der Waals surface area contributed by atoms with E-state index in [9.17, 15) is 9.59 Å². The smallest absolute Gasteiger partial charge is 0.235 e. The number of hydrogen-bond acceptors (Lipinski definition) is 4. The number of nitrogens with zero attached hydrogens (tertiary/aromatic N) is 1. The van der Waals surface area contributed by atoms with Crippen molar-refractivity contribution in [3.8, 4) is 0 Å². The van der Waals surface area contributed by atoms with Gasteiger partial charge in [-0.25, -0.2) is 0 Å². The molecule has 1 aromatic carbocycles. The highest BCUT2D eigenvalue weighted by atomic mass is 16.5. The predicted octanol–water partition coefficient (Wildman–Crippen LogP) is 4.50. The Bertz CT molecular complexity index is 898. The zero-order valence-electron chi connectivity index (χ0n) is 16.3. The number of piperidine rings is 1. The maximum absolute atomic E-state index is 12.3. The SMILES string of the molecule is O=C1CCC(c2noc3c(CC4CCC(CC5CCC5)C4)cccc23)C(=O)N1. The van der Waals surface area contributed by atoms with Crippen LogP contribution in [-0.4, -0.2) is 17.0 Å². The van der Waals surface area contributed by atoms with Crippen molar-refractivity contribution in [1.29, 1.82) is 0 Å². The summed E-state index contributed by atoms with van der Waals surface area (Å²) in [6, 6.07) is 6.18. The highest BCUT2D eigenvalue weighted by Crippen LogP contribution is 2.42. The van der Waals surface area contributed by atoms with Crippen molar-refractivity contribution in [2.45, 2.75) is 70.1 Å².